The number of benzene rings is 2. The molecule has 172 valence electrons. The molecule has 0 aromatic heterocycles. The van der Waals surface area contributed by atoms with Gasteiger partial charge >= 0.3 is 6.18 Å². The molecule has 2 aromatic carbocycles. The average molecular weight is 458 g/mol. The smallest absolute Gasteiger partial charge is 0.422 e. The molecule has 0 aliphatic carbocycles. The summed E-state index contributed by atoms with van der Waals surface area (Å²) in [6, 6.07) is 7.42. The van der Waals surface area contributed by atoms with E-state index in [0.717, 1.165) is 18.2 Å². The number of carbonyl (C=O) groups excluding carboxylic acids is 1. The molecule has 32 heavy (non-hydrogen) atoms. The van der Waals surface area contributed by atoms with Gasteiger partial charge in [-0.2, -0.15) is 13.2 Å². The van der Waals surface area contributed by atoms with Crippen LogP contribution in [0.4, 0.5) is 18.9 Å². The second kappa shape index (κ2) is 9.60. The van der Waals surface area contributed by atoms with Crippen molar-refractivity contribution in [1.82, 2.24) is 5.32 Å². The molecule has 1 heterocycles. The first kappa shape index (κ1) is 22.9. The van der Waals surface area contributed by atoms with E-state index < -0.39 is 41.0 Å². The van der Waals surface area contributed by atoms with Gasteiger partial charge in [-0.3, -0.25) is 14.9 Å². The zero-order valence-corrected chi connectivity index (χ0v) is 16.3. The molecule has 0 saturated heterocycles. The van der Waals surface area contributed by atoms with E-state index in [0.29, 0.717) is 17.2 Å². The molecule has 13 heteroatoms. The lowest BCUT2D eigenvalue weighted by Gasteiger charge is -2.14. The van der Waals surface area contributed by atoms with Crippen molar-refractivity contribution < 1.29 is 46.9 Å². The number of fused-ring (bicyclic) bond motifs is 1. The molecule has 1 aliphatic rings. The number of nitro groups is 1. The number of nitrogens with one attached hydrogen (secondary N) is 1. The number of hydrogen-bond acceptors (Lipinski definition) is 8. The van der Waals surface area contributed by atoms with E-state index >= 15 is 0 Å². The Morgan fingerprint density at radius 3 is 2.56 bits per heavy atom. The first-order valence-corrected chi connectivity index (χ1v) is 9.09. The molecule has 1 atom stereocenters. The van der Waals surface area contributed by atoms with E-state index in [-0.39, 0.29) is 25.7 Å². The number of carbonyl (C=O) groups is 1. The van der Waals surface area contributed by atoms with Crippen LogP contribution in [0, 0.1) is 10.1 Å². The van der Waals surface area contributed by atoms with Crippen molar-refractivity contribution in [2.24, 2.45) is 0 Å². The Morgan fingerprint density at radius 1 is 1.16 bits per heavy atom. The highest BCUT2D eigenvalue weighted by atomic mass is 19.4. The number of aliphatic hydroxyl groups is 1. The van der Waals surface area contributed by atoms with Crippen LogP contribution in [0.5, 0.6) is 23.0 Å². The Morgan fingerprint density at radius 2 is 1.84 bits per heavy atom. The molecule has 2 N–H and O–H groups in total. The fourth-order valence-electron chi connectivity index (χ4n) is 2.63. The van der Waals surface area contributed by atoms with E-state index in [4.69, 9.17) is 14.2 Å². The topological polar surface area (TPSA) is 129 Å². The van der Waals surface area contributed by atoms with Gasteiger partial charge in [-0.25, -0.2) is 0 Å². The fraction of sp³-hybridized carbons (Fsp3) is 0.316. The summed E-state index contributed by atoms with van der Waals surface area (Å²) in [6.45, 7) is -2.10. The molecule has 3 rings (SSSR count). The Bertz CT molecular complexity index is 999. The van der Waals surface area contributed by atoms with Gasteiger partial charge in [0.15, 0.2) is 18.1 Å². The lowest BCUT2D eigenvalue weighted by molar-refractivity contribution is -0.385. The Kier molecular flexibility index (Phi) is 6.88. The van der Waals surface area contributed by atoms with Gasteiger partial charge in [0.05, 0.1) is 4.92 Å². The molecule has 1 unspecified atom stereocenters. The third-order valence-electron chi connectivity index (χ3n) is 4.10. The van der Waals surface area contributed by atoms with Gasteiger partial charge in [0, 0.05) is 18.7 Å². The molecule has 2 aromatic rings. The number of rotatable bonds is 9. The first-order chi connectivity index (χ1) is 15.1. The third-order valence-corrected chi connectivity index (χ3v) is 4.10. The lowest BCUT2D eigenvalue weighted by atomic mass is 10.1. The van der Waals surface area contributed by atoms with Crippen LogP contribution in [0.25, 0.3) is 0 Å². The van der Waals surface area contributed by atoms with E-state index in [1.54, 1.807) is 18.2 Å². The van der Waals surface area contributed by atoms with Crippen molar-refractivity contribution in [3.05, 3.63) is 52.1 Å². The summed E-state index contributed by atoms with van der Waals surface area (Å²) in [5.74, 6) is 0.0595. The molecular formula is C19H17F3N2O8. The highest BCUT2D eigenvalue weighted by Crippen LogP contribution is 2.35. The Balaban J connectivity index is 1.57. The minimum absolute atomic E-state index is 0.0853. The summed E-state index contributed by atoms with van der Waals surface area (Å²) < 4.78 is 57.2. The molecule has 0 radical (unpaired) electrons. The van der Waals surface area contributed by atoms with E-state index in [1.807, 2.05) is 0 Å². The van der Waals surface area contributed by atoms with Crippen LogP contribution in [0.2, 0.25) is 0 Å². The van der Waals surface area contributed by atoms with Crippen molar-refractivity contribution >= 4 is 11.6 Å². The van der Waals surface area contributed by atoms with Gasteiger partial charge in [0.25, 0.3) is 11.6 Å². The predicted molar refractivity (Wildman–Crippen MR) is 101 cm³/mol. The van der Waals surface area contributed by atoms with E-state index in [9.17, 15) is 33.2 Å². The van der Waals surface area contributed by atoms with Crippen LogP contribution < -0.4 is 24.3 Å². The van der Waals surface area contributed by atoms with Gasteiger partial charge in [0.2, 0.25) is 6.79 Å². The second-order valence-electron chi connectivity index (χ2n) is 6.53. The van der Waals surface area contributed by atoms with Crippen LogP contribution in [0.3, 0.4) is 0 Å². The minimum Gasteiger partial charge on any atom is -0.491 e. The second-order valence-corrected chi connectivity index (χ2v) is 6.53. The lowest BCUT2D eigenvalue weighted by Crippen LogP contribution is -2.35. The van der Waals surface area contributed by atoms with Gasteiger partial charge in [-0.15, -0.1) is 0 Å². The number of halogens is 3. The van der Waals surface area contributed by atoms with E-state index in [1.165, 1.54) is 0 Å². The van der Waals surface area contributed by atoms with Crippen LogP contribution in [-0.2, 0) is 0 Å². The average Bonchev–Trinajstić information content (AvgIpc) is 3.21. The normalized spacial score (nSPS) is 13.4. The highest BCUT2D eigenvalue weighted by molar-refractivity contribution is 5.98. The number of amides is 1. The molecular weight excluding hydrogens is 441 g/mol. The number of nitrogens with zero attached hydrogens (tertiary/aromatic N) is 1. The van der Waals surface area contributed by atoms with Gasteiger partial charge in [0.1, 0.15) is 29.8 Å². The maximum atomic E-state index is 12.4. The standard InChI is InChI=1S/C19H17F3N2O8/c20-19(21,22)9-30-12-1-3-15(24(27)28)14(5-12)18(26)23-7-11(25)8-29-13-2-4-16-17(6-13)32-10-31-16/h1-6,11,25H,7-10H2,(H,23,26). The summed E-state index contributed by atoms with van der Waals surface area (Å²) in [7, 11) is 0. The first-order valence-electron chi connectivity index (χ1n) is 9.09. The number of hydrogen-bond donors (Lipinski definition) is 2. The molecule has 0 bridgehead atoms. The van der Waals surface area contributed by atoms with Crippen LogP contribution in [0.1, 0.15) is 10.4 Å². The monoisotopic (exact) mass is 458 g/mol. The maximum Gasteiger partial charge on any atom is 0.422 e. The van der Waals surface area contributed by atoms with Crippen molar-refractivity contribution in [2.75, 3.05) is 26.6 Å². The summed E-state index contributed by atoms with van der Waals surface area (Å²) in [5, 5.41) is 23.5. The molecule has 1 aliphatic heterocycles. The van der Waals surface area contributed by atoms with Crippen LogP contribution in [0.15, 0.2) is 36.4 Å². The molecule has 1 amide bonds. The zero-order chi connectivity index (χ0) is 23.3. The quantitative estimate of drug-likeness (QED) is 0.433. The number of ether oxygens (including phenoxy) is 4. The SMILES string of the molecule is O=C(NCC(O)COc1ccc2c(c1)OCO2)c1cc(OCC(F)(F)F)ccc1[N+](=O)[O-]. The van der Waals surface area contributed by atoms with Crippen LogP contribution in [-0.4, -0.2) is 54.8 Å². The van der Waals surface area contributed by atoms with Crippen LogP contribution >= 0.6 is 0 Å². The third kappa shape index (κ3) is 6.14. The molecule has 0 spiro atoms. The van der Waals surface area contributed by atoms with Gasteiger partial charge in [-0.1, -0.05) is 0 Å². The summed E-state index contributed by atoms with van der Waals surface area (Å²) in [6.07, 6.45) is -5.81. The van der Waals surface area contributed by atoms with Gasteiger partial charge in [-0.05, 0) is 24.3 Å². The van der Waals surface area contributed by atoms with Crippen molar-refractivity contribution in [1.29, 1.82) is 0 Å². The van der Waals surface area contributed by atoms with Crippen molar-refractivity contribution in [3.8, 4) is 23.0 Å². The van der Waals surface area contributed by atoms with Gasteiger partial charge < -0.3 is 29.4 Å². The minimum atomic E-state index is -4.62. The zero-order valence-electron chi connectivity index (χ0n) is 16.3. The van der Waals surface area contributed by atoms with Crippen molar-refractivity contribution in [2.45, 2.75) is 12.3 Å². The predicted octanol–water partition coefficient (Wildman–Crippen LogP) is 2.43. The summed E-state index contributed by atoms with van der Waals surface area (Å²) in [4.78, 5) is 22.6. The fourth-order valence-corrected chi connectivity index (χ4v) is 2.63. The van der Waals surface area contributed by atoms with E-state index in [2.05, 4.69) is 10.1 Å². The molecule has 10 nitrogen and oxygen atoms in total. The number of aliphatic hydroxyl groups excluding tert-OH is 1. The largest absolute Gasteiger partial charge is 0.491 e. The maximum absolute atomic E-state index is 12.4. The highest BCUT2D eigenvalue weighted by Gasteiger charge is 2.29. The number of nitro benzene ring substituents is 1. The van der Waals surface area contributed by atoms with Crippen molar-refractivity contribution in [3.63, 3.8) is 0 Å². The Hall–Kier alpha value is -3.74. The molecule has 0 saturated carbocycles. The molecule has 0 fully saturated rings. The Labute approximate surface area is 178 Å². The number of alkyl halides is 3. The summed E-state index contributed by atoms with van der Waals surface area (Å²) in [5.41, 5.74) is -1.15. The summed E-state index contributed by atoms with van der Waals surface area (Å²) >= 11 is 0.